The molecular weight excluding hydrogens is 406 g/mol. The van der Waals surface area contributed by atoms with Crippen LogP contribution >= 0.6 is 0 Å². The summed E-state index contributed by atoms with van der Waals surface area (Å²) in [6, 6.07) is 11.2. The number of fused-ring (bicyclic) bond motifs is 2. The zero-order valence-corrected chi connectivity index (χ0v) is 20.4. The first kappa shape index (κ1) is 22.6. The van der Waals surface area contributed by atoms with E-state index in [9.17, 15) is 10.5 Å². The number of benzene rings is 1. The van der Waals surface area contributed by atoms with Crippen molar-refractivity contribution in [2.75, 3.05) is 17.2 Å². The molecule has 0 saturated carbocycles. The van der Waals surface area contributed by atoms with Crippen LogP contribution in [0, 0.1) is 29.6 Å². The minimum Gasteiger partial charge on any atom is -0.383 e. The number of nitrogens with zero attached hydrogens (tertiary/aromatic N) is 4. The zero-order chi connectivity index (χ0) is 24.1. The lowest BCUT2D eigenvalue weighted by Gasteiger charge is -2.47. The van der Waals surface area contributed by atoms with Crippen LogP contribution in [0.15, 0.2) is 23.8 Å². The lowest BCUT2D eigenvalue weighted by atomic mass is 9.79. The number of aromatic nitrogens is 1. The summed E-state index contributed by atoms with van der Waals surface area (Å²) in [6.45, 7) is 14.1. The van der Waals surface area contributed by atoms with Gasteiger partial charge in [-0.05, 0) is 92.5 Å². The summed E-state index contributed by atoms with van der Waals surface area (Å²) in [6.07, 6.45) is 4.34. The number of hydrogen-bond donors (Lipinski definition) is 1. The van der Waals surface area contributed by atoms with E-state index in [4.69, 9.17) is 5.73 Å². The standard InChI is InChI=1S/C28H31N5/c1-7-10-33-24-9-8-19(11-20(24)16(2)13-28(33,5)6)12-21-17(3)22(14-29)26-25(21)18(4)23(15-30)27(31)32-26/h8-9,11-12,16H,7,10,13H2,1-6H3,(H2,31,32)/b21-12+. The number of nitrogens with two attached hydrogens (primary N) is 1. The monoisotopic (exact) mass is 437 g/mol. The normalized spacial score (nSPS) is 19.8. The summed E-state index contributed by atoms with van der Waals surface area (Å²) in [5.74, 6) is 0.633. The van der Waals surface area contributed by atoms with Crippen LogP contribution in [0.3, 0.4) is 0 Å². The molecule has 4 rings (SSSR count). The average molecular weight is 438 g/mol. The second kappa shape index (κ2) is 8.09. The summed E-state index contributed by atoms with van der Waals surface area (Å²) in [7, 11) is 0. The molecule has 0 spiro atoms. The molecule has 2 heterocycles. The van der Waals surface area contributed by atoms with Crippen molar-refractivity contribution in [1.29, 1.82) is 10.5 Å². The van der Waals surface area contributed by atoms with E-state index in [2.05, 4.69) is 74.0 Å². The highest BCUT2D eigenvalue weighted by Crippen LogP contribution is 2.46. The first-order chi connectivity index (χ1) is 15.6. The maximum atomic E-state index is 9.81. The van der Waals surface area contributed by atoms with E-state index in [0.29, 0.717) is 22.7 Å². The van der Waals surface area contributed by atoms with Gasteiger partial charge in [0, 0.05) is 23.3 Å². The van der Waals surface area contributed by atoms with Crippen LogP contribution < -0.4 is 10.6 Å². The molecule has 1 aromatic heterocycles. The van der Waals surface area contributed by atoms with Crippen LogP contribution in [-0.2, 0) is 0 Å². The number of anilines is 2. The van der Waals surface area contributed by atoms with Gasteiger partial charge < -0.3 is 10.6 Å². The summed E-state index contributed by atoms with van der Waals surface area (Å²) in [5, 5.41) is 19.4. The lowest BCUT2D eigenvalue weighted by molar-refractivity contribution is 0.376. The lowest BCUT2D eigenvalue weighted by Crippen LogP contribution is -2.48. The van der Waals surface area contributed by atoms with Gasteiger partial charge in [-0.25, -0.2) is 4.98 Å². The number of pyridine rings is 1. The van der Waals surface area contributed by atoms with E-state index in [-0.39, 0.29) is 11.4 Å². The van der Waals surface area contributed by atoms with E-state index in [1.807, 2.05) is 13.8 Å². The molecule has 0 saturated heterocycles. The summed E-state index contributed by atoms with van der Waals surface area (Å²) >= 11 is 0. The Morgan fingerprint density at radius 1 is 1.24 bits per heavy atom. The largest absolute Gasteiger partial charge is 0.383 e. The van der Waals surface area contributed by atoms with Crippen molar-refractivity contribution in [3.8, 4) is 12.1 Å². The molecule has 2 aromatic rings. The Bertz CT molecular complexity index is 1300. The van der Waals surface area contributed by atoms with Crippen molar-refractivity contribution < 1.29 is 0 Å². The molecule has 2 aliphatic rings. The Balaban J connectivity index is 1.89. The average Bonchev–Trinajstić information content (AvgIpc) is 3.01. The molecule has 1 unspecified atom stereocenters. The van der Waals surface area contributed by atoms with Crippen LogP contribution in [0.2, 0.25) is 0 Å². The van der Waals surface area contributed by atoms with Crippen molar-refractivity contribution in [3.63, 3.8) is 0 Å². The fourth-order valence-electron chi connectivity index (χ4n) is 5.61. The van der Waals surface area contributed by atoms with Crippen molar-refractivity contribution in [2.24, 2.45) is 0 Å². The Morgan fingerprint density at radius 2 is 1.97 bits per heavy atom. The fourth-order valence-corrected chi connectivity index (χ4v) is 5.61. The first-order valence-electron chi connectivity index (χ1n) is 11.6. The quantitative estimate of drug-likeness (QED) is 0.617. The van der Waals surface area contributed by atoms with E-state index < -0.39 is 0 Å². The van der Waals surface area contributed by atoms with Gasteiger partial charge in [-0.1, -0.05) is 19.9 Å². The maximum absolute atomic E-state index is 9.81. The first-order valence-corrected chi connectivity index (χ1v) is 11.6. The van der Waals surface area contributed by atoms with E-state index in [1.54, 1.807) is 0 Å². The third kappa shape index (κ3) is 3.49. The van der Waals surface area contributed by atoms with Crippen LogP contribution in [-0.4, -0.2) is 17.1 Å². The van der Waals surface area contributed by atoms with Crippen LogP contribution in [0.25, 0.3) is 17.2 Å². The maximum Gasteiger partial charge on any atom is 0.142 e. The van der Waals surface area contributed by atoms with E-state index >= 15 is 0 Å². The molecule has 33 heavy (non-hydrogen) atoms. The second-order valence-corrected chi connectivity index (χ2v) is 9.89. The van der Waals surface area contributed by atoms with Gasteiger partial charge in [0.15, 0.2) is 0 Å². The third-order valence-corrected chi connectivity index (χ3v) is 7.15. The molecule has 1 atom stereocenters. The van der Waals surface area contributed by atoms with Gasteiger partial charge >= 0.3 is 0 Å². The highest BCUT2D eigenvalue weighted by molar-refractivity contribution is 6.08. The van der Waals surface area contributed by atoms with E-state index in [0.717, 1.165) is 47.2 Å². The molecule has 5 nitrogen and oxygen atoms in total. The minimum absolute atomic E-state index is 0.129. The van der Waals surface area contributed by atoms with Gasteiger partial charge in [-0.3, -0.25) is 0 Å². The van der Waals surface area contributed by atoms with E-state index in [1.165, 1.54) is 11.3 Å². The topological polar surface area (TPSA) is 89.7 Å². The highest BCUT2D eigenvalue weighted by Gasteiger charge is 2.36. The van der Waals surface area contributed by atoms with Crippen LogP contribution in [0.5, 0.6) is 0 Å². The number of rotatable bonds is 3. The van der Waals surface area contributed by atoms with Gasteiger partial charge in [0.25, 0.3) is 0 Å². The summed E-state index contributed by atoms with van der Waals surface area (Å²) < 4.78 is 0. The predicted molar refractivity (Wildman–Crippen MR) is 135 cm³/mol. The van der Waals surface area contributed by atoms with Gasteiger partial charge in [0.1, 0.15) is 18.0 Å². The minimum atomic E-state index is 0.129. The predicted octanol–water partition coefficient (Wildman–Crippen LogP) is 6.20. The highest BCUT2D eigenvalue weighted by atomic mass is 15.2. The molecule has 0 radical (unpaired) electrons. The Kier molecular flexibility index (Phi) is 5.54. The molecular formula is C28H31N5. The SMILES string of the molecule is CCCN1c2ccc(/C=C3\C(C)=C(C#N)c4nc(N)c(C#N)c(C)c43)cc2C(C)CC1(C)C. The summed E-state index contributed by atoms with van der Waals surface area (Å²) in [5.41, 5.74) is 14.8. The number of nitriles is 2. The van der Waals surface area contributed by atoms with Gasteiger partial charge in [0.05, 0.1) is 16.8 Å². The van der Waals surface area contributed by atoms with Crippen LogP contribution in [0.4, 0.5) is 11.5 Å². The van der Waals surface area contributed by atoms with Gasteiger partial charge in [-0.15, -0.1) is 0 Å². The molecule has 168 valence electrons. The van der Waals surface area contributed by atoms with Crippen molar-refractivity contribution in [1.82, 2.24) is 4.98 Å². The Morgan fingerprint density at radius 3 is 2.61 bits per heavy atom. The fraction of sp³-hybridized carbons (Fsp3) is 0.393. The molecule has 2 N–H and O–H groups in total. The van der Waals surface area contributed by atoms with Gasteiger partial charge in [0.2, 0.25) is 0 Å². The Labute approximate surface area is 196 Å². The molecule has 5 heteroatoms. The Hall–Kier alpha value is -3.57. The zero-order valence-electron chi connectivity index (χ0n) is 20.4. The number of allylic oxidation sites excluding steroid dienone is 3. The second-order valence-electron chi connectivity index (χ2n) is 9.89. The van der Waals surface area contributed by atoms with Crippen molar-refractivity contribution >= 4 is 28.7 Å². The smallest absolute Gasteiger partial charge is 0.142 e. The molecule has 1 aliphatic carbocycles. The van der Waals surface area contributed by atoms with Crippen LogP contribution in [0.1, 0.15) is 86.9 Å². The third-order valence-electron chi connectivity index (χ3n) is 7.15. The summed E-state index contributed by atoms with van der Waals surface area (Å²) in [4.78, 5) is 6.98. The molecule has 0 amide bonds. The van der Waals surface area contributed by atoms with Crippen molar-refractivity contribution in [2.45, 2.75) is 65.8 Å². The number of hydrogen-bond acceptors (Lipinski definition) is 5. The number of nitrogen functional groups attached to an aromatic ring is 1. The van der Waals surface area contributed by atoms with Gasteiger partial charge in [-0.2, -0.15) is 10.5 Å². The molecule has 0 fully saturated rings. The molecule has 1 aromatic carbocycles. The van der Waals surface area contributed by atoms with Crippen molar-refractivity contribution in [3.05, 3.63) is 57.3 Å². The molecule has 0 bridgehead atoms. The molecule has 1 aliphatic heterocycles.